The van der Waals surface area contributed by atoms with Gasteiger partial charge in [-0.15, -0.1) is 6.58 Å². The molecule has 0 aliphatic heterocycles. The van der Waals surface area contributed by atoms with Crippen molar-refractivity contribution >= 4 is 5.91 Å². The molecule has 1 amide bonds. The lowest BCUT2D eigenvalue weighted by molar-refractivity contribution is -0.134. The van der Waals surface area contributed by atoms with Gasteiger partial charge in [0, 0.05) is 30.9 Å². The zero-order valence-corrected chi connectivity index (χ0v) is 13.4. The van der Waals surface area contributed by atoms with Crippen LogP contribution < -0.4 is 0 Å². The van der Waals surface area contributed by atoms with E-state index in [0.29, 0.717) is 13.1 Å². The van der Waals surface area contributed by atoms with Gasteiger partial charge in [-0.3, -0.25) is 4.79 Å². The van der Waals surface area contributed by atoms with Gasteiger partial charge in [0.15, 0.2) is 0 Å². The summed E-state index contributed by atoms with van der Waals surface area (Å²) in [5.41, 5.74) is 2.39. The molecular weight excluding hydrogens is 272 g/mol. The normalized spacial score (nSPS) is 10.7. The molecule has 0 saturated heterocycles. The summed E-state index contributed by atoms with van der Waals surface area (Å²) >= 11 is 0. The van der Waals surface area contributed by atoms with Crippen molar-refractivity contribution in [1.82, 2.24) is 9.47 Å². The van der Waals surface area contributed by atoms with Gasteiger partial charge in [0.25, 0.3) is 0 Å². The fraction of sp³-hybridized carbons (Fsp3) is 0.316. The van der Waals surface area contributed by atoms with Crippen LogP contribution in [0.2, 0.25) is 0 Å². The molecule has 0 N–H and O–H groups in total. The monoisotopic (exact) mass is 296 g/mol. The number of hydrogen-bond donors (Lipinski definition) is 0. The predicted octanol–water partition coefficient (Wildman–Crippen LogP) is 3.71. The van der Waals surface area contributed by atoms with E-state index in [0.717, 1.165) is 12.2 Å². The molecule has 3 nitrogen and oxygen atoms in total. The van der Waals surface area contributed by atoms with Crippen molar-refractivity contribution in [2.45, 2.75) is 26.9 Å². The molecule has 1 aromatic heterocycles. The largest absolute Gasteiger partial charge is 0.345 e. The Bertz CT molecular complexity index is 613. The molecule has 0 aliphatic carbocycles. The highest BCUT2D eigenvalue weighted by atomic mass is 16.2. The number of carbonyl (C=O) groups is 1. The summed E-state index contributed by atoms with van der Waals surface area (Å²) in [6.45, 7) is 9.64. The van der Waals surface area contributed by atoms with Crippen molar-refractivity contribution in [1.29, 1.82) is 0 Å². The van der Waals surface area contributed by atoms with Crippen LogP contribution in [-0.4, -0.2) is 21.9 Å². The molecule has 0 spiro atoms. The molecule has 1 aromatic carbocycles. The maximum atomic E-state index is 12.3. The zero-order chi connectivity index (χ0) is 15.9. The molecule has 0 saturated carbocycles. The number of amides is 1. The van der Waals surface area contributed by atoms with Gasteiger partial charge in [-0.05, 0) is 17.7 Å². The van der Waals surface area contributed by atoms with E-state index in [2.05, 4.69) is 35.5 Å². The van der Waals surface area contributed by atoms with Crippen LogP contribution in [0.1, 0.15) is 25.1 Å². The molecule has 0 fully saturated rings. The van der Waals surface area contributed by atoms with Crippen LogP contribution in [0.15, 0.2) is 61.3 Å². The van der Waals surface area contributed by atoms with E-state index in [1.54, 1.807) is 6.08 Å². The molecule has 116 valence electrons. The third-order valence-electron chi connectivity index (χ3n) is 3.63. The second-order valence-corrected chi connectivity index (χ2v) is 5.78. The van der Waals surface area contributed by atoms with Crippen molar-refractivity contribution in [2.24, 2.45) is 5.92 Å². The molecule has 2 aromatic rings. The summed E-state index contributed by atoms with van der Waals surface area (Å²) in [6.07, 6.45) is 3.85. The van der Waals surface area contributed by atoms with E-state index in [1.807, 2.05) is 43.0 Å². The molecule has 22 heavy (non-hydrogen) atoms. The van der Waals surface area contributed by atoms with Gasteiger partial charge in [0.05, 0.1) is 6.54 Å². The first-order valence-corrected chi connectivity index (χ1v) is 7.69. The summed E-state index contributed by atoms with van der Waals surface area (Å²) in [4.78, 5) is 14.2. The Balaban J connectivity index is 2.13. The van der Waals surface area contributed by atoms with Crippen molar-refractivity contribution in [3.63, 3.8) is 0 Å². The minimum atomic E-state index is -0.00233. The maximum Gasteiger partial charge on any atom is 0.225 e. The lowest BCUT2D eigenvalue weighted by atomic mass is 10.2. The quantitative estimate of drug-likeness (QED) is 0.715. The van der Waals surface area contributed by atoms with E-state index in [1.165, 1.54) is 5.56 Å². The van der Waals surface area contributed by atoms with E-state index in [-0.39, 0.29) is 11.8 Å². The van der Waals surface area contributed by atoms with Gasteiger partial charge in [-0.1, -0.05) is 50.3 Å². The highest BCUT2D eigenvalue weighted by Gasteiger charge is 2.17. The molecule has 0 unspecified atom stereocenters. The number of nitrogens with zero attached hydrogens (tertiary/aromatic N) is 2. The molecule has 1 heterocycles. The number of aromatic nitrogens is 1. The first kappa shape index (κ1) is 16.1. The second-order valence-electron chi connectivity index (χ2n) is 5.78. The Hall–Kier alpha value is -2.29. The molecule has 3 heteroatoms. The first-order valence-electron chi connectivity index (χ1n) is 7.69. The Morgan fingerprint density at radius 2 is 1.95 bits per heavy atom. The van der Waals surface area contributed by atoms with Gasteiger partial charge in [-0.2, -0.15) is 0 Å². The van der Waals surface area contributed by atoms with E-state index in [9.17, 15) is 4.79 Å². The van der Waals surface area contributed by atoms with Crippen molar-refractivity contribution in [2.75, 3.05) is 6.54 Å². The summed E-state index contributed by atoms with van der Waals surface area (Å²) in [5.74, 6) is 0.157. The van der Waals surface area contributed by atoms with Crippen LogP contribution >= 0.6 is 0 Å². The molecular formula is C19H24N2O. The highest BCUT2D eigenvalue weighted by Crippen LogP contribution is 2.12. The van der Waals surface area contributed by atoms with Crippen LogP contribution in [0.25, 0.3) is 0 Å². The Morgan fingerprint density at radius 3 is 2.59 bits per heavy atom. The minimum absolute atomic E-state index is 0.00233. The van der Waals surface area contributed by atoms with Crippen molar-refractivity contribution in [3.05, 3.63) is 72.6 Å². The molecule has 0 aliphatic rings. The fourth-order valence-electron chi connectivity index (χ4n) is 2.48. The Morgan fingerprint density at radius 1 is 1.23 bits per heavy atom. The maximum absolute atomic E-state index is 12.3. The lowest BCUT2D eigenvalue weighted by Crippen LogP contribution is -2.34. The Kier molecular flexibility index (Phi) is 5.59. The average Bonchev–Trinajstić information content (AvgIpc) is 2.94. The number of benzene rings is 1. The standard InChI is InChI=1S/C19H24N2O/c1-4-12-21(19(22)16(2)3)15-18-11-8-13-20(18)14-17-9-6-5-7-10-17/h4-11,13,16H,1,12,14-15H2,2-3H3. The summed E-state index contributed by atoms with van der Waals surface area (Å²) < 4.78 is 2.19. The minimum Gasteiger partial charge on any atom is -0.345 e. The average molecular weight is 296 g/mol. The van der Waals surface area contributed by atoms with Gasteiger partial charge >= 0.3 is 0 Å². The van der Waals surface area contributed by atoms with Crippen LogP contribution in [0.4, 0.5) is 0 Å². The summed E-state index contributed by atoms with van der Waals surface area (Å²) in [5, 5.41) is 0. The zero-order valence-electron chi connectivity index (χ0n) is 13.4. The van der Waals surface area contributed by atoms with E-state index >= 15 is 0 Å². The van der Waals surface area contributed by atoms with Gasteiger partial charge in [-0.25, -0.2) is 0 Å². The number of hydrogen-bond acceptors (Lipinski definition) is 1. The summed E-state index contributed by atoms with van der Waals surface area (Å²) in [7, 11) is 0. The van der Waals surface area contributed by atoms with E-state index in [4.69, 9.17) is 0 Å². The summed E-state index contributed by atoms with van der Waals surface area (Å²) in [6, 6.07) is 14.5. The van der Waals surface area contributed by atoms with Crippen molar-refractivity contribution in [3.8, 4) is 0 Å². The fourth-order valence-corrected chi connectivity index (χ4v) is 2.48. The molecule has 2 rings (SSSR count). The predicted molar refractivity (Wildman–Crippen MR) is 90.4 cm³/mol. The van der Waals surface area contributed by atoms with Crippen LogP contribution in [-0.2, 0) is 17.9 Å². The van der Waals surface area contributed by atoms with Crippen LogP contribution in [0, 0.1) is 5.92 Å². The smallest absolute Gasteiger partial charge is 0.225 e. The van der Waals surface area contributed by atoms with Crippen LogP contribution in [0.3, 0.4) is 0 Å². The number of rotatable bonds is 7. The topological polar surface area (TPSA) is 25.2 Å². The van der Waals surface area contributed by atoms with Gasteiger partial charge in [0.2, 0.25) is 5.91 Å². The van der Waals surface area contributed by atoms with Crippen molar-refractivity contribution < 1.29 is 4.79 Å². The Labute approximate surface area is 132 Å². The highest BCUT2D eigenvalue weighted by molar-refractivity contribution is 5.78. The SMILES string of the molecule is C=CCN(Cc1cccn1Cc1ccccc1)C(=O)C(C)C. The third-order valence-corrected chi connectivity index (χ3v) is 3.63. The second kappa shape index (κ2) is 7.64. The van der Waals surface area contributed by atoms with Crippen LogP contribution in [0.5, 0.6) is 0 Å². The van der Waals surface area contributed by atoms with Gasteiger partial charge in [0.1, 0.15) is 0 Å². The molecule has 0 bridgehead atoms. The van der Waals surface area contributed by atoms with E-state index < -0.39 is 0 Å². The van der Waals surface area contributed by atoms with Gasteiger partial charge < -0.3 is 9.47 Å². The molecule has 0 radical (unpaired) electrons. The first-order chi connectivity index (χ1) is 10.6. The number of carbonyl (C=O) groups excluding carboxylic acids is 1. The third kappa shape index (κ3) is 4.10. The molecule has 0 atom stereocenters. The lowest BCUT2D eigenvalue weighted by Gasteiger charge is -2.24.